The van der Waals surface area contributed by atoms with Gasteiger partial charge in [-0.2, -0.15) is 0 Å². The van der Waals surface area contributed by atoms with Crippen LogP contribution in [0, 0.1) is 0 Å². The molecule has 4 heteroatoms. The van der Waals surface area contributed by atoms with Gasteiger partial charge in [-0.1, -0.05) is 30.3 Å². The average molecular weight is 287 g/mol. The Morgan fingerprint density at radius 1 is 1.35 bits per heavy atom. The van der Waals surface area contributed by atoms with Crippen LogP contribution in [0.4, 0.5) is 5.00 Å². The van der Waals surface area contributed by atoms with Crippen LogP contribution < -0.4 is 5.73 Å². The number of esters is 1. The summed E-state index contributed by atoms with van der Waals surface area (Å²) in [5, 5.41) is 0.593. The van der Waals surface area contributed by atoms with Crippen LogP contribution in [0.25, 0.3) is 0 Å². The molecule has 0 aliphatic heterocycles. The summed E-state index contributed by atoms with van der Waals surface area (Å²) in [4.78, 5) is 13.1. The number of nitrogen functional groups attached to an aromatic ring is 1. The predicted molar refractivity (Wildman–Crippen MR) is 81.3 cm³/mol. The molecule has 0 fully saturated rings. The summed E-state index contributed by atoms with van der Waals surface area (Å²) in [6, 6.07) is 10.5. The lowest BCUT2D eigenvalue weighted by molar-refractivity contribution is 0.0601. The Balaban J connectivity index is 1.92. The third kappa shape index (κ3) is 2.20. The molecule has 0 bridgehead atoms. The topological polar surface area (TPSA) is 52.3 Å². The maximum atomic E-state index is 11.8. The van der Waals surface area contributed by atoms with E-state index in [9.17, 15) is 4.79 Å². The second-order valence-corrected chi connectivity index (χ2v) is 6.22. The zero-order chi connectivity index (χ0) is 14.1. The number of nitrogens with two attached hydrogens (primary N) is 1. The highest BCUT2D eigenvalue weighted by Crippen LogP contribution is 2.41. The highest BCUT2D eigenvalue weighted by atomic mass is 32.1. The molecule has 1 aliphatic carbocycles. The molecule has 1 aliphatic rings. The lowest BCUT2D eigenvalue weighted by Crippen LogP contribution is -2.14. The molecule has 3 nitrogen and oxygen atoms in total. The predicted octanol–water partition coefficient (Wildman–Crippen LogP) is 3.39. The van der Waals surface area contributed by atoms with Gasteiger partial charge in [0.05, 0.1) is 12.7 Å². The van der Waals surface area contributed by atoms with E-state index in [2.05, 4.69) is 24.3 Å². The first-order valence-corrected chi connectivity index (χ1v) is 7.55. The van der Waals surface area contributed by atoms with Gasteiger partial charge in [0, 0.05) is 4.88 Å². The van der Waals surface area contributed by atoms with E-state index in [4.69, 9.17) is 10.5 Å². The van der Waals surface area contributed by atoms with E-state index in [1.54, 1.807) is 0 Å². The Hall–Kier alpha value is -1.81. The second kappa shape index (κ2) is 5.29. The van der Waals surface area contributed by atoms with Crippen molar-refractivity contribution in [1.29, 1.82) is 0 Å². The van der Waals surface area contributed by atoms with Crippen LogP contribution in [0.3, 0.4) is 0 Å². The van der Waals surface area contributed by atoms with E-state index in [-0.39, 0.29) is 5.97 Å². The van der Waals surface area contributed by atoms with Gasteiger partial charge < -0.3 is 10.5 Å². The molecule has 1 aromatic heterocycles. The van der Waals surface area contributed by atoms with Gasteiger partial charge in [0.15, 0.2) is 0 Å². The van der Waals surface area contributed by atoms with Crippen molar-refractivity contribution in [2.24, 2.45) is 0 Å². The van der Waals surface area contributed by atoms with E-state index in [0.29, 0.717) is 16.5 Å². The number of methoxy groups -OCH3 is 1. The Kier molecular flexibility index (Phi) is 3.49. The molecule has 2 aromatic rings. The zero-order valence-electron chi connectivity index (χ0n) is 11.4. The minimum absolute atomic E-state index is 0.307. The number of hydrogen-bond donors (Lipinski definition) is 1. The Morgan fingerprint density at radius 3 is 2.80 bits per heavy atom. The third-order valence-corrected chi connectivity index (χ3v) is 5.04. The van der Waals surface area contributed by atoms with Crippen LogP contribution in [0.15, 0.2) is 30.3 Å². The highest BCUT2D eigenvalue weighted by Gasteiger charge is 2.28. The van der Waals surface area contributed by atoms with Gasteiger partial charge in [-0.3, -0.25) is 0 Å². The first-order valence-electron chi connectivity index (χ1n) is 6.74. The number of hydrogen-bond acceptors (Lipinski definition) is 4. The van der Waals surface area contributed by atoms with E-state index in [0.717, 1.165) is 24.8 Å². The molecular formula is C16H17NO2S. The van der Waals surface area contributed by atoms with E-state index in [1.165, 1.54) is 28.9 Å². The number of anilines is 1. The lowest BCUT2D eigenvalue weighted by atomic mass is 9.83. The van der Waals surface area contributed by atoms with Crippen LogP contribution in [0.5, 0.6) is 0 Å². The molecule has 1 aromatic carbocycles. The Bertz CT molecular complexity index is 633. The molecule has 0 saturated heterocycles. The van der Waals surface area contributed by atoms with Crippen molar-refractivity contribution in [2.75, 3.05) is 12.8 Å². The van der Waals surface area contributed by atoms with E-state index >= 15 is 0 Å². The summed E-state index contributed by atoms with van der Waals surface area (Å²) >= 11 is 1.54. The number of fused-ring (bicyclic) bond motifs is 1. The van der Waals surface area contributed by atoms with Crippen molar-refractivity contribution in [3.63, 3.8) is 0 Å². The Morgan fingerprint density at radius 2 is 2.10 bits per heavy atom. The molecule has 0 amide bonds. The summed E-state index contributed by atoms with van der Waals surface area (Å²) in [6.07, 6.45) is 2.91. The van der Waals surface area contributed by atoms with Gasteiger partial charge in [0.25, 0.3) is 0 Å². The van der Waals surface area contributed by atoms with Crippen molar-refractivity contribution in [1.82, 2.24) is 0 Å². The fraction of sp³-hybridized carbons (Fsp3) is 0.312. The first-order chi connectivity index (χ1) is 9.70. The molecule has 0 unspecified atom stereocenters. The molecule has 104 valence electrons. The van der Waals surface area contributed by atoms with Crippen LogP contribution in [0.1, 0.15) is 38.7 Å². The van der Waals surface area contributed by atoms with E-state index in [1.807, 2.05) is 6.07 Å². The molecule has 0 spiro atoms. The minimum Gasteiger partial charge on any atom is -0.465 e. The molecule has 3 rings (SSSR count). The van der Waals surface area contributed by atoms with Crippen LogP contribution in [0.2, 0.25) is 0 Å². The first kappa shape index (κ1) is 13.2. The zero-order valence-corrected chi connectivity index (χ0v) is 12.2. The van der Waals surface area contributed by atoms with Crippen LogP contribution in [-0.4, -0.2) is 13.1 Å². The van der Waals surface area contributed by atoms with Crippen molar-refractivity contribution in [3.8, 4) is 0 Å². The smallest absolute Gasteiger partial charge is 0.341 e. The monoisotopic (exact) mass is 287 g/mol. The number of carbonyl (C=O) groups is 1. The largest absolute Gasteiger partial charge is 0.465 e. The molecular weight excluding hydrogens is 270 g/mol. The fourth-order valence-electron chi connectivity index (χ4n) is 2.94. The molecule has 0 saturated carbocycles. The van der Waals surface area contributed by atoms with Gasteiger partial charge in [-0.25, -0.2) is 4.79 Å². The molecule has 20 heavy (non-hydrogen) atoms. The van der Waals surface area contributed by atoms with Crippen molar-refractivity contribution < 1.29 is 9.53 Å². The number of carbonyl (C=O) groups excluding carboxylic acids is 1. The molecule has 2 N–H and O–H groups in total. The van der Waals surface area contributed by atoms with Crippen LogP contribution in [-0.2, 0) is 17.6 Å². The Labute approximate surface area is 122 Å². The standard InChI is InChI=1S/C16H17NO2S/c1-19-16(18)14-12-8-7-11(9-13(12)20-15(14)17)10-5-3-2-4-6-10/h2-6,11H,7-9,17H2,1H3/t11-/m0/s1. The van der Waals surface area contributed by atoms with Gasteiger partial charge in [0.1, 0.15) is 5.00 Å². The number of rotatable bonds is 2. The number of ether oxygens (including phenoxy) is 1. The fourth-order valence-corrected chi connectivity index (χ4v) is 4.13. The summed E-state index contributed by atoms with van der Waals surface area (Å²) in [5.74, 6) is 0.213. The summed E-state index contributed by atoms with van der Waals surface area (Å²) in [6.45, 7) is 0. The SMILES string of the molecule is COC(=O)c1c(N)sc2c1CC[C@H](c1ccccc1)C2. The normalized spacial score (nSPS) is 17.6. The highest BCUT2D eigenvalue weighted by molar-refractivity contribution is 7.16. The molecule has 1 heterocycles. The van der Waals surface area contributed by atoms with E-state index < -0.39 is 0 Å². The van der Waals surface area contributed by atoms with Crippen LogP contribution >= 0.6 is 11.3 Å². The van der Waals surface area contributed by atoms with Gasteiger partial charge in [0.2, 0.25) is 0 Å². The van der Waals surface area contributed by atoms with Gasteiger partial charge >= 0.3 is 5.97 Å². The maximum Gasteiger partial charge on any atom is 0.341 e. The molecule has 0 radical (unpaired) electrons. The summed E-state index contributed by atoms with van der Waals surface area (Å²) in [7, 11) is 1.40. The number of thiophene rings is 1. The van der Waals surface area contributed by atoms with Crippen molar-refractivity contribution >= 4 is 22.3 Å². The third-order valence-electron chi connectivity index (χ3n) is 3.95. The number of benzene rings is 1. The van der Waals surface area contributed by atoms with Crippen molar-refractivity contribution in [3.05, 3.63) is 51.9 Å². The summed E-state index contributed by atoms with van der Waals surface area (Å²) in [5.41, 5.74) is 9.06. The molecule has 1 atom stereocenters. The van der Waals surface area contributed by atoms with Gasteiger partial charge in [-0.15, -0.1) is 11.3 Å². The summed E-state index contributed by atoms with van der Waals surface area (Å²) < 4.78 is 4.84. The minimum atomic E-state index is -0.307. The average Bonchev–Trinajstić information content (AvgIpc) is 2.82. The van der Waals surface area contributed by atoms with Crippen molar-refractivity contribution in [2.45, 2.75) is 25.2 Å². The lowest BCUT2D eigenvalue weighted by Gasteiger charge is -2.22. The van der Waals surface area contributed by atoms with Gasteiger partial charge in [-0.05, 0) is 36.3 Å². The maximum absolute atomic E-state index is 11.8. The second-order valence-electron chi connectivity index (χ2n) is 5.09. The quantitative estimate of drug-likeness (QED) is 0.861.